The second kappa shape index (κ2) is 8.17. The third kappa shape index (κ3) is 3.77. The number of nitrogens with one attached hydrogen (secondary N) is 1. The number of carbonyl (C=O) groups is 1. The monoisotopic (exact) mass is 463 g/mol. The van der Waals surface area contributed by atoms with E-state index in [2.05, 4.69) is 37.2 Å². The maximum Gasteiger partial charge on any atom is 0.404 e. The molecule has 2 N–H and O–H groups in total. The summed E-state index contributed by atoms with van der Waals surface area (Å²) in [5.74, 6) is 2.05. The van der Waals surface area contributed by atoms with Crippen LogP contribution in [0.3, 0.4) is 0 Å². The quantitative estimate of drug-likeness (QED) is 0.460. The minimum atomic E-state index is -1.01. The maximum absolute atomic E-state index is 10.8. The summed E-state index contributed by atoms with van der Waals surface area (Å²) in [5.41, 5.74) is 2.17. The first kappa shape index (κ1) is 20.7. The molecule has 1 aliphatic heterocycles. The molecule has 11 nitrogen and oxygen atoms in total. The minimum Gasteiger partial charge on any atom is -0.473 e. The van der Waals surface area contributed by atoms with Crippen LogP contribution in [0.4, 0.5) is 10.6 Å². The van der Waals surface area contributed by atoms with Crippen LogP contribution in [0.5, 0.6) is 5.88 Å². The summed E-state index contributed by atoms with van der Waals surface area (Å²) in [6.07, 6.45) is 3.68. The third-order valence-electron chi connectivity index (χ3n) is 6.53. The first-order valence-electron chi connectivity index (χ1n) is 11.4. The molecule has 0 spiro atoms. The maximum atomic E-state index is 10.8. The van der Waals surface area contributed by atoms with Gasteiger partial charge in [0.25, 0.3) is 0 Å². The number of piperazine rings is 1. The van der Waals surface area contributed by atoms with E-state index in [0.717, 1.165) is 48.7 Å². The summed E-state index contributed by atoms with van der Waals surface area (Å²) < 4.78 is 13.9. The Kier molecular flexibility index (Phi) is 4.98. The standard InChI is InChI=1S/C23H25N7O4/c1-28-6-8-29(9-7-28)22-16-12-19(34-18(16)4-5-24-22)17-13-25-20-2-3-21(27-30(17)20)33-15-10-14(11-15)26-23(31)32/h2-5,12-15,26H,6-11H2,1H3,(H,31,32). The lowest BCUT2D eigenvalue weighted by atomic mass is 9.89. The summed E-state index contributed by atoms with van der Waals surface area (Å²) in [6, 6.07) is 7.42. The third-order valence-corrected chi connectivity index (χ3v) is 6.53. The molecule has 0 aromatic carbocycles. The van der Waals surface area contributed by atoms with Crippen molar-refractivity contribution in [3.63, 3.8) is 0 Å². The van der Waals surface area contributed by atoms with Crippen molar-refractivity contribution in [1.82, 2.24) is 29.8 Å². The summed E-state index contributed by atoms with van der Waals surface area (Å²) >= 11 is 0. The number of pyridine rings is 1. The Labute approximate surface area is 194 Å². The molecule has 11 heteroatoms. The van der Waals surface area contributed by atoms with Gasteiger partial charge >= 0.3 is 6.09 Å². The first-order chi connectivity index (χ1) is 16.5. The average molecular weight is 463 g/mol. The number of hydrogen-bond acceptors (Lipinski definition) is 8. The van der Waals surface area contributed by atoms with E-state index in [1.54, 1.807) is 23.0 Å². The van der Waals surface area contributed by atoms with Crippen LogP contribution in [0, 0.1) is 0 Å². The number of fused-ring (bicyclic) bond motifs is 2. The van der Waals surface area contributed by atoms with E-state index in [0.29, 0.717) is 30.1 Å². The summed E-state index contributed by atoms with van der Waals surface area (Å²) in [5, 5.41) is 16.9. The topological polar surface area (TPSA) is 121 Å². The van der Waals surface area contributed by atoms with Gasteiger partial charge in [-0.15, -0.1) is 5.10 Å². The van der Waals surface area contributed by atoms with Crippen LogP contribution in [0.25, 0.3) is 28.1 Å². The minimum absolute atomic E-state index is 0.0720. The van der Waals surface area contributed by atoms with Crippen molar-refractivity contribution in [3.05, 3.63) is 36.7 Å². The van der Waals surface area contributed by atoms with Gasteiger partial charge in [0.2, 0.25) is 5.88 Å². The fourth-order valence-corrected chi connectivity index (χ4v) is 4.56. The molecular formula is C23H25N7O4. The van der Waals surface area contributed by atoms with E-state index >= 15 is 0 Å². The molecule has 0 atom stereocenters. The zero-order chi connectivity index (χ0) is 23.2. The van der Waals surface area contributed by atoms with E-state index in [9.17, 15) is 4.79 Å². The molecule has 4 aromatic rings. The molecule has 4 aromatic heterocycles. The SMILES string of the molecule is CN1CCN(c2nccc3oc(-c4cnc5ccc(OC6CC(NC(=O)O)C6)nn45)cc23)CC1. The normalized spacial score (nSPS) is 21.0. The van der Waals surface area contributed by atoms with Crippen LogP contribution in [0.1, 0.15) is 12.8 Å². The molecule has 0 bridgehead atoms. The zero-order valence-electron chi connectivity index (χ0n) is 18.7. The van der Waals surface area contributed by atoms with Crippen molar-refractivity contribution in [2.45, 2.75) is 25.0 Å². The van der Waals surface area contributed by atoms with Gasteiger partial charge in [0.15, 0.2) is 11.4 Å². The fourth-order valence-electron chi connectivity index (χ4n) is 4.56. The van der Waals surface area contributed by atoms with Gasteiger partial charge in [-0.2, -0.15) is 0 Å². The van der Waals surface area contributed by atoms with Gasteiger partial charge in [-0.3, -0.25) is 0 Å². The number of imidazole rings is 1. The van der Waals surface area contributed by atoms with Crippen LogP contribution in [-0.2, 0) is 0 Å². The zero-order valence-corrected chi connectivity index (χ0v) is 18.7. The Balaban J connectivity index is 1.27. The number of rotatable bonds is 5. The number of anilines is 1. The first-order valence-corrected chi connectivity index (χ1v) is 11.4. The lowest BCUT2D eigenvalue weighted by Crippen LogP contribution is -2.48. The van der Waals surface area contributed by atoms with E-state index in [-0.39, 0.29) is 12.1 Å². The van der Waals surface area contributed by atoms with Crippen LogP contribution < -0.4 is 15.0 Å². The van der Waals surface area contributed by atoms with Crippen LogP contribution >= 0.6 is 0 Å². The Bertz CT molecular complexity index is 1350. The molecule has 1 aliphatic carbocycles. The van der Waals surface area contributed by atoms with E-state index in [4.69, 9.17) is 14.3 Å². The molecule has 0 unspecified atom stereocenters. The highest BCUT2D eigenvalue weighted by Crippen LogP contribution is 2.33. The highest BCUT2D eigenvalue weighted by atomic mass is 16.5. The van der Waals surface area contributed by atoms with Crippen LogP contribution in [0.15, 0.2) is 41.1 Å². The summed E-state index contributed by atoms with van der Waals surface area (Å²) in [6.45, 7) is 3.84. The molecule has 176 valence electrons. The molecule has 2 aliphatic rings. The van der Waals surface area contributed by atoms with Crippen LogP contribution in [-0.4, -0.2) is 81.1 Å². The molecular weight excluding hydrogens is 438 g/mol. The number of nitrogens with zero attached hydrogens (tertiary/aromatic N) is 6. The van der Waals surface area contributed by atoms with Crippen molar-refractivity contribution in [2.75, 3.05) is 38.1 Å². The highest BCUT2D eigenvalue weighted by molar-refractivity contribution is 5.92. The molecule has 1 saturated heterocycles. The Hall–Kier alpha value is -3.86. The molecule has 34 heavy (non-hydrogen) atoms. The summed E-state index contributed by atoms with van der Waals surface area (Å²) in [7, 11) is 2.13. The molecule has 1 saturated carbocycles. The second-order valence-corrected chi connectivity index (χ2v) is 8.89. The molecule has 5 heterocycles. The van der Waals surface area contributed by atoms with E-state index < -0.39 is 6.09 Å². The molecule has 1 amide bonds. The van der Waals surface area contributed by atoms with Crippen molar-refractivity contribution in [1.29, 1.82) is 0 Å². The molecule has 0 radical (unpaired) electrons. The molecule has 2 fully saturated rings. The number of aromatic nitrogens is 4. The van der Waals surface area contributed by atoms with Gasteiger partial charge in [0.1, 0.15) is 23.2 Å². The second-order valence-electron chi connectivity index (χ2n) is 8.89. The van der Waals surface area contributed by atoms with Gasteiger partial charge in [-0.05, 0) is 25.2 Å². The van der Waals surface area contributed by atoms with E-state index in [1.807, 2.05) is 18.2 Å². The predicted octanol–water partition coefficient (Wildman–Crippen LogP) is 2.47. The van der Waals surface area contributed by atoms with Crippen molar-refractivity contribution in [2.24, 2.45) is 0 Å². The van der Waals surface area contributed by atoms with Gasteiger partial charge in [-0.1, -0.05) is 0 Å². The molecule has 6 rings (SSSR count). The number of hydrogen-bond donors (Lipinski definition) is 2. The Morgan fingerprint density at radius 3 is 2.79 bits per heavy atom. The number of carboxylic acid groups (broad SMARTS) is 1. The Morgan fingerprint density at radius 2 is 2.00 bits per heavy atom. The van der Waals surface area contributed by atoms with Gasteiger partial charge < -0.3 is 29.4 Å². The lowest BCUT2D eigenvalue weighted by molar-refractivity contribution is 0.0782. The predicted molar refractivity (Wildman–Crippen MR) is 124 cm³/mol. The average Bonchev–Trinajstić information content (AvgIpc) is 3.41. The van der Waals surface area contributed by atoms with Crippen molar-refractivity contribution < 1.29 is 19.1 Å². The lowest BCUT2D eigenvalue weighted by Gasteiger charge is -2.34. The largest absolute Gasteiger partial charge is 0.473 e. The highest BCUT2D eigenvalue weighted by Gasteiger charge is 2.32. The van der Waals surface area contributed by atoms with Crippen molar-refractivity contribution in [3.8, 4) is 17.3 Å². The number of furan rings is 1. The number of amides is 1. The van der Waals surface area contributed by atoms with Crippen molar-refractivity contribution >= 4 is 28.5 Å². The summed E-state index contributed by atoms with van der Waals surface area (Å²) in [4.78, 5) is 24.5. The fraction of sp³-hybridized carbons (Fsp3) is 0.391. The smallest absolute Gasteiger partial charge is 0.404 e. The van der Waals surface area contributed by atoms with Gasteiger partial charge in [0.05, 0.1) is 11.6 Å². The number of likely N-dealkylation sites (N-methyl/N-ethyl adjacent to an activating group) is 1. The Morgan fingerprint density at radius 1 is 1.18 bits per heavy atom. The van der Waals surface area contributed by atoms with E-state index in [1.165, 1.54) is 0 Å². The number of ether oxygens (including phenoxy) is 1. The van der Waals surface area contributed by atoms with Gasteiger partial charge in [0, 0.05) is 57.3 Å². The van der Waals surface area contributed by atoms with Gasteiger partial charge in [-0.25, -0.2) is 19.3 Å². The van der Waals surface area contributed by atoms with Crippen LogP contribution in [0.2, 0.25) is 0 Å².